The second kappa shape index (κ2) is 9.45. The molecule has 1 aliphatic rings. The van der Waals surface area contributed by atoms with E-state index < -0.39 is 0 Å². The average molecular weight is 489 g/mol. The number of aromatic nitrogens is 2. The molecule has 7 nitrogen and oxygen atoms in total. The highest BCUT2D eigenvalue weighted by molar-refractivity contribution is 6.37. The first kappa shape index (κ1) is 24.1. The van der Waals surface area contributed by atoms with Crippen molar-refractivity contribution >= 4 is 38.4 Å². The Morgan fingerprint density at radius 3 is 1.83 bits per heavy atom. The molecule has 2 aromatic heterocycles. The zero-order chi connectivity index (χ0) is 25.6. The molecule has 2 aromatic carbocycles. The van der Waals surface area contributed by atoms with Crippen LogP contribution >= 0.6 is 0 Å². The van der Waals surface area contributed by atoms with Gasteiger partial charge in [-0.25, -0.2) is 0 Å². The molecule has 1 N–H and O–H groups in total. The van der Waals surface area contributed by atoms with E-state index >= 15 is 0 Å². The Labute approximate surface area is 208 Å². The van der Waals surface area contributed by atoms with Crippen molar-refractivity contribution in [1.29, 1.82) is 0 Å². The van der Waals surface area contributed by atoms with E-state index in [1.54, 1.807) is 21.3 Å². The first-order valence-corrected chi connectivity index (χ1v) is 13.0. The van der Waals surface area contributed by atoms with Gasteiger partial charge in [0.15, 0.2) is 0 Å². The molecule has 0 saturated heterocycles. The largest absolute Gasteiger partial charge is 0.507 e. The Balaban J connectivity index is 2.03. The molecule has 188 valence electrons. The van der Waals surface area contributed by atoms with Crippen LogP contribution in [-0.2, 0) is 13.1 Å². The molecule has 0 amide bonds. The molecule has 7 heteroatoms. The normalized spacial score (nSPS) is 12.6. The molecule has 36 heavy (non-hydrogen) atoms. The number of pyridine rings is 2. The highest BCUT2D eigenvalue weighted by Gasteiger charge is 2.33. The van der Waals surface area contributed by atoms with Gasteiger partial charge in [-0.1, -0.05) is 40.0 Å². The lowest BCUT2D eigenvalue weighted by molar-refractivity contribution is 0.103. The van der Waals surface area contributed by atoms with E-state index in [4.69, 9.17) is 4.74 Å². The van der Waals surface area contributed by atoms with Crippen LogP contribution in [0.25, 0.3) is 32.6 Å². The van der Waals surface area contributed by atoms with E-state index in [0.717, 1.165) is 38.5 Å². The number of benzene rings is 2. The molecule has 0 bridgehead atoms. The van der Waals surface area contributed by atoms with Crippen molar-refractivity contribution in [3.05, 3.63) is 56.1 Å². The smallest absolute Gasteiger partial charge is 0.264 e. The van der Waals surface area contributed by atoms with Crippen molar-refractivity contribution < 1.29 is 14.6 Å². The number of carbonyl (C=O) groups excluding carboxylic acids is 1. The number of aryl methyl sites for hydroxylation is 2. The third-order valence-corrected chi connectivity index (χ3v) is 7.24. The molecule has 0 fully saturated rings. The lowest BCUT2D eigenvalue weighted by atomic mass is 9.85. The summed E-state index contributed by atoms with van der Waals surface area (Å²) in [6.07, 6.45) is 5.04. The number of hydrogen-bond acceptors (Lipinski definition) is 5. The molecule has 1 aliphatic carbocycles. The van der Waals surface area contributed by atoms with Crippen molar-refractivity contribution in [2.24, 2.45) is 0 Å². The summed E-state index contributed by atoms with van der Waals surface area (Å²) in [4.78, 5) is 41.8. The average Bonchev–Trinajstić information content (AvgIpc) is 2.87. The summed E-state index contributed by atoms with van der Waals surface area (Å²) in [6.45, 7) is 7.47. The van der Waals surface area contributed by atoms with Crippen LogP contribution in [-0.4, -0.2) is 26.6 Å². The molecule has 4 aromatic rings. The van der Waals surface area contributed by atoms with Crippen molar-refractivity contribution in [2.45, 2.75) is 72.4 Å². The van der Waals surface area contributed by atoms with Crippen LogP contribution in [0.2, 0.25) is 0 Å². The molecule has 0 atom stereocenters. The quantitative estimate of drug-likeness (QED) is 0.207. The van der Waals surface area contributed by atoms with Crippen molar-refractivity contribution in [2.75, 3.05) is 6.61 Å². The highest BCUT2D eigenvalue weighted by atomic mass is 16.5. The van der Waals surface area contributed by atoms with Gasteiger partial charge >= 0.3 is 0 Å². The predicted octanol–water partition coefficient (Wildman–Crippen LogP) is 5.50. The van der Waals surface area contributed by atoms with Crippen LogP contribution in [0.4, 0.5) is 0 Å². The Bertz CT molecular complexity index is 1630. The van der Waals surface area contributed by atoms with Gasteiger partial charge in [-0.2, -0.15) is 0 Å². The monoisotopic (exact) mass is 488 g/mol. The van der Waals surface area contributed by atoms with E-state index in [0.29, 0.717) is 58.2 Å². The third-order valence-electron chi connectivity index (χ3n) is 7.24. The van der Waals surface area contributed by atoms with E-state index in [9.17, 15) is 19.5 Å². The summed E-state index contributed by atoms with van der Waals surface area (Å²) < 4.78 is 9.28. The topological polar surface area (TPSA) is 90.5 Å². The molecule has 2 heterocycles. The number of hydrogen-bond donors (Lipinski definition) is 1. The minimum atomic E-state index is -0.350. The number of ketones is 1. The van der Waals surface area contributed by atoms with Crippen molar-refractivity contribution in [3.8, 4) is 11.5 Å². The van der Waals surface area contributed by atoms with E-state index in [1.807, 2.05) is 19.9 Å². The second-order valence-electron chi connectivity index (χ2n) is 9.59. The molecular formula is C29H32N2O5. The van der Waals surface area contributed by atoms with Crippen molar-refractivity contribution in [1.82, 2.24) is 9.13 Å². The second-order valence-corrected chi connectivity index (χ2v) is 9.59. The van der Waals surface area contributed by atoms with Gasteiger partial charge in [-0.15, -0.1) is 0 Å². The fourth-order valence-corrected chi connectivity index (χ4v) is 5.38. The zero-order valence-electron chi connectivity index (χ0n) is 21.1. The van der Waals surface area contributed by atoms with Gasteiger partial charge in [0.25, 0.3) is 11.1 Å². The van der Waals surface area contributed by atoms with Crippen LogP contribution in [0.3, 0.4) is 0 Å². The Hall–Kier alpha value is -3.61. The van der Waals surface area contributed by atoms with Gasteiger partial charge in [-0.3, -0.25) is 14.4 Å². The maximum absolute atomic E-state index is 14.0. The van der Waals surface area contributed by atoms with Gasteiger partial charge in [0.1, 0.15) is 16.9 Å². The fraction of sp³-hybridized carbons (Fsp3) is 0.414. The molecule has 0 spiro atoms. The molecule has 5 rings (SSSR count). The fourth-order valence-electron chi connectivity index (χ4n) is 5.38. The van der Waals surface area contributed by atoms with Crippen LogP contribution in [0.5, 0.6) is 11.5 Å². The minimum absolute atomic E-state index is 0.0773. The molecule has 0 radical (unpaired) electrons. The summed E-state index contributed by atoms with van der Waals surface area (Å²) in [7, 11) is 0. The summed E-state index contributed by atoms with van der Waals surface area (Å²) in [6, 6.07) is 6.71. The lowest BCUT2D eigenvalue weighted by Gasteiger charge is -2.25. The van der Waals surface area contributed by atoms with Crippen molar-refractivity contribution in [3.63, 3.8) is 0 Å². The summed E-state index contributed by atoms with van der Waals surface area (Å²) in [5.74, 6) is -0.0858. The van der Waals surface area contributed by atoms with Gasteiger partial charge in [0.2, 0.25) is 5.78 Å². The number of unbranched alkanes of at least 4 members (excludes halogenated alkanes) is 3. The number of rotatable bonds is 10. The highest BCUT2D eigenvalue weighted by Crippen LogP contribution is 2.44. The molecular weight excluding hydrogens is 456 g/mol. The minimum Gasteiger partial charge on any atom is -0.507 e. The number of phenols is 1. The first-order valence-electron chi connectivity index (χ1n) is 13.0. The number of carbonyl (C=O) groups is 1. The van der Waals surface area contributed by atoms with Crippen LogP contribution in [0.1, 0.15) is 75.2 Å². The van der Waals surface area contributed by atoms with Crippen LogP contribution < -0.4 is 15.9 Å². The zero-order valence-corrected chi connectivity index (χ0v) is 21.1. The molecule has 0 aliphatic heterocycles. The van der Waals surface area contributed by atoms with E-state index in [1.165, 1.54) is 6.07 Å². The Morgan fingerprint density at radius 1 is 0.694 bits per heavy atom. The molecule has 0 unspecified atom stereocenters. The first-order chi connectivity index (χ1) is 17.5. The van der Waals surface area contributed by atoms with Crippen LogP contribution in [0, 0.1) is 0 Å². The Morgan fingerprint density at radius 2 is 1.25 bits per heavy atom. The van der Waals surface area contributed by atoms with Crippen LogP contribution in [0.15, 0.2) is 33.9 Å². The summed E-state index contributed by atoms with van der Waals surface area (Å²) in [5.41, 5.74) is 0.938. The predicted molar refractivity (Wildman–Crippen MR) is 143 cm³/mol. The maximum Gasteiger partial charge on any atom is 0.264 e. The van der Waals surface area contributed by atoms with Gasteiger partial charge in [-0.05, 0) is 43.5 Å². The SMILES string of the molecule is CCCCOc1ccc2c3c1C(=O)c1c(O)ccc4c1c3c(c(=O)n4CCCC)c(=O)n2CCCC. The van der Waals surface area contributed by atoms with Gasteiger partial charge in [0, 0.05) is 29.2 Å². The standard InChI is InChI=1S/C29H32N2O5/c1-4-7-14-30-17-10-12-19(32)23-21(17)25-22-18(31(15-8-5-2)29(35)26(25)28(30)34)11-13-20(24(22)27(23)33)36-16-9-6-3/h10-13,32H,4-9,14-16H2,1-3H3. The summed E-state index contributed by atoms with van der Waals surface area (Å²) >= 11 is 0. The number of nitrogens with zero attached hydrogens (tertiary/aromatic N) is 2. The Kier molecular flexibility index (Phi) is 6.33. The number of ether oxygens (including phenoxy) is 1. The van der Waals surface area contributed by atoms with Gasteiger partial charge < -0.3 is 19.0 Å². The van der Waals surface area contributed by atoms with Gasteiger partial charge in [0.05, 0.1) is 28.8 Å². The molecule has 0 saturated carbocycles. The van der Waals surface area contributed by atoms with E-state index in [-0.39, 0.29) is 33.6 Å². The van der Waals surface area contributed by atoms with E-state index in [2.05, 4.69) is 6.92 Å². The lowest BCUT2D eigenvalue weighted by Crippen LogP contribution is -2.32. The number of phenolic OH excluding ortho intramolecular Hbond substituents is 1. The third kappa shape index (κ3) is 3.44. The maximum atomic E-state index is 14.0. The summed E-state index contributed by atoms with van der Waals surface area (Å²) in [5, 5.41) is 12.5. The number of aromatic hydroxyl groups is 1.